The minimum absolute atomic E-state index is 0.157. The first-order chi connectivity index (χ1) is 6.49. The molecular weight excluding hydrogens is 194 g/mol. The zero-order valence-electron chi connectivity index (χ0n) is 8.91. The normalized spacial score (nSPS) is 13.9. The Labute approximate surface area is 88.3 Å². The van der Waals surface area contributed by atoms with Gasteiger partial charge in [0, 0.05) is 6.54 Å². The van der Waals surface area contributed by atoms with E-state index < -0.39 is 11.0 Å². The maximum Gasteiger partial charge on any atom is 0.124 e. The van der Waals surface area contributed by atoms with E-state index in [-0.39, 0.29) is 5.41 Å². The van der Waals surface area contributed by atoms with Gasteiger partial charge in [0.25, 0.3) is 0 Å². The first-order valence-corrected chi connectivity index (χ1v) is 5.84. The molecule has 2 nitrogen and oxygen atoms in total. The van der Waals surface area contributed by atoms with Crippen molar-refractivity contribution in [2.24, 2.45) is 5.41 Å². The Morgan fingerprint density at radius 2 is 1.79 bits per heavy atom. The van der Waals surface area contributed by atoms with Gasteiger partial charge in [-0.2, -0.15) is 0 Å². The van der Waals surface area contributed by atoms with Crippen molar-refractivity contribution in [3.63, 3.8) is 0 Å². The van der Waals surface area contributed by atoms with Gasteiger partial charge in [0.1, 0.15) is 11.0 Å². The maximum absolute atomic E-state index is 11.7. The first kappa shape index (κ1) is 11.4. The van der Waals surface area contributed by atoms with Crippen LogP contribution in [0.2, 0.25) is 0 Å². The lowest BCUT2D eigenvalue weighted by molar-refractivity contribution is 0.412. The van der Waals surface area contributed by atoms with Gasteiger partial charge in [-0.15, -0.1) is 0 Å². The SMILES string of the molecule is CC(C)(C)CNS(=O)c1ccccc1. The summed E-state index contributed by atoms with van der Waals surface area (Å²) in [6.45, 7) is 7.08. The fourth-order valence-corrected chi connectivity index (χ4v) is 2.04. The highest BCUT2D eigenvalue weighted by atomic mass is 32.2. The predicted molar refractivity (Wildman–Crippen MR) is 60.3 cm³/mol. The van der Waals surface area contributed by atoms with Crippen molar-refractivity contribution in [1.82, 2.24) is 4.72 Å². The third kappa shape index (κ3) is 4.03. The molecule has 0 radical (unpaired) electrons. The van der Waals surface area contributed by atoms with E-state index >= 15 is 0 Å². The molecule has 0 fully saturated rings. The van der Waals surface area contributed by atoms with Gasteiger partial charge >= 0.3 is 0 Å². The molecule has 14 heavy (non-hydrogen) atoms. The molecule has 78 valence electrons. The van der Waals surface area contributed by atoms with Crippen LogP contribution in [0, 0.1) is 5.41 Å². The Morgan fingerprint density at radius 1 is 1.21 bits per heavy atom. The van der Waals surface area contributed by atoms with Crippen LogP contribution in [-0.4, -0.2) is 10.8 Å². The highest BCUT2D eigenvalue weighted by molar-refractivity contribution is 7.83. The lowest BCUT2D eigenvalue weighted by Crippen LogP contribution is -2.28. The lowest BCUT2D eigenvalue weighted by Gasteiger charge is -2.18. The number of hydrogen-bond acceptors (Lipinski definition) is 1. The van der Waals surface area contributed by atoms with E-state index in [4.69, 9.17) is 0 Å². The lowest BCUT2D eigenvalue weighted by atomic mass is 9.98. The van der Waals surface area contributed by atoms with Crippen LogP contribution in [0.1, 0.15) is 20.8 Å². The zero-order valence-corrected chi connectivity index (χ0v) is 9.73. The molecule has 1 N–H and O–H groups in total. The monoisotopic (exact) mass is 211 g/mol. The van der Waals surface area contributed by atoms with Gasteiger partial charge < -0.3 is 0 Å². The van der Waals surface area contributed by atoms with Crippen molar-refractivity contribution in [3.05, 3.63) is 30.3 Å². The first-order valence-electron chi connectivity index (χ1n) is 4.69. The van der Waals surface area contributed by atoms with E-state index in [0.29, 0.717) is 0 Å². The molecule has 0 aliphatic heterocycles. The summed E-state index contributed by atoms with van der Waals surface area (Å²) in [6, 6.07) is 9.44. The molecule has 1 aromatic carbocycles. The second kappa shape index (κ2) is 4.71. The van der Waals surface area contributed by atoms with Crippen LogP contribution in [0.25, 0.3) is 0 Å². The molecule has 0 aliphatic rings. The van der Waals surface area contributed by atoms with Crippen LogP contribution in [0.3, 0.4) is 0 Å². The fraction of sp³-hybridized carbons (Fsp3) is 0.455. The van der Waals surface area contributed by atoms with Crippen molar-refractivity contribution in [2.45, 2.75) is 25.7 Å². The van der Waals surface area contributed by atoms with Crippen molar-refractivity contribution in [1.29, 1.82) is 0 Å². The molecule has 1 rings (SSSR count). The summed E-state index contributed by atoms with van der Waals surface area (Å²) in [5.74, 6) is 0. The molecule has 0 aliphatic carbocycles. The van der Waals surface area contributed by atoms with Gasteiger partial charge in [-0.25, -0.2) is 8.93 Å². The second-order valence-electron chi connectivity index (χ2n) is 4.46. The molecule has 0 spiro atoms. The van der Waals surface area contributed by atoms with Crippen molar-refractivity contribution >= 4 is 11.0 Å². The van der Waals surface area contributed by atoms with Crippen molar-refractivity contribution in [3.8, 4) is 0 Å². The number of benzene rings is 1. The minimum Gasteiger partial charge on any atom is -0.238 e. The Balaban J connectivity index is 2.52. The van der Waals surface area contributed by atoms with E-state index in [0.717, 1.165) is 11.4 Å². The molecule has 1 unspecified atom stereocenters. The third-order valence-electron chi connectivity index (χ3n) is 1.69. The Morgan fingerprint density at radius 3 is 2.29 bits per heavy atom. The van der Waals surface area contributed by atoms with Crippen molar-refractivity contribution in [2.75, 3.05) is 6.54 Å². The van der Waals surface area contributed by atoms with Crippen LogP contribution in [0.4, 0.5) is 0 Å². The standard InChI is InChI=1S/C11H17NOS/c1-11(2,3)9-12-14(13)10-7-5-4-6-8-10/h4-8,12H,9H2,1-3H3. The number of nitrogens with one attached hydrogen (secondary N) is 1. The summed E-state index contributed by atoms with van der Waals surface area (Å²) in [6.07, 6.45) is 0. The Hall–Kier alpha value is -0.670. The minimum atomic E-state index is -1.08. The van der Waals surface area contributed by atoms with Crippen molar-refractivity contribution < 1.29 is 4.21 Å². The second-order valence-corrected chi connectivity index (χ2v) is 5.76. The average molecular weight is 211 g/mol. The summed E-state index contributed by atoms with van der Waals surface area (Å²) in [5, 5.41) is 0. The van der Waals surface area contributed by atoms with Gasteiger partial charge in [-0.05, 0) is 17.5 Å². The van der Waals surface area contributed by atoms with E-state index in [1.165, 1.54) is 0 Å². The van der Waals surface area contributed by atoms with Crippen LogP contribution in [0.15, 0.2) is 35.2 Å². The van der Waals surface area contributed by atoms with Gasteiger partial charge in [0.2, 0.25) is 0 Å². The maximum atomic E-state index is 11.7. The fourth-order valence-electron chi connectivity index (χ4n) is 0.909. The quantitative estimate of drug-likeness (QED) is 0.817. The third-order valence-corrected chi connectivity index (χ3v) is 2.80. The van der Waals surface area contributed by atoms with Gasteiger partial charge in [0.15, 0.2) is 0 Å². The molecule has 0 amide bonds. The summed E-state index contributed by atoms with van der Waals surface area (Å²) in [4.78, 5) is 0.830. The van der Waals surface area contributed by atoms with E-state index in [1.807, 2.05) is 30.3 Å². The molecule has 3 heteroatoms. The van der Waals surface area contributed by atoms with Crippen LogP contribution >= 0.6 is 0 Å². The topological polar surface area (TPSA) is 29.1 Å². The van der Waals surface area contributed by atoms with Gasteiger partial charge in [-0.3, -0.25) is 0 Å². The average Bonchev–Trinajstić information content (AvgIpc) is 2.14. The van der Waals surface area contributed by atoms with Gasteiger partial charge in [-0.1, -0.05) is 39.0 Å². The van der Waals surface area contributed by atoms with E-state index in [9.17, 15) is 4.21 Å². The highest BCUT2D eigenvalue weighted by Gasteiger charge is 2.11. The van der Waals surface area contributed by atoms with Crippen LogP contribution in [0.5, 0.6) is 0 Å². The van der Waals surface area contributed by atoms with E-state index in [2.05, 4.69) is 25.5 Å². The molecule has 0 saturated carbocycles. The van der Waals surface area contributed by atoms with E-state index in [1.54, 1.807) is 0 Å². The summed E-state index contributed by atoms with van der Waals surface area (Å²) < 4.78 is 14.7. The molecular formula is C11H17NOS. The number of rotatable bonds is 3. The zero-order chi connectivity index (χ0) is 10.6. The Bertz CT molecular complexity index is 303. The number of hydrogen-bond donors (Lipinski definition) is 1. The summed E-state index contributed by atoms with van der Waals surface area (Å²) in [7, 11) is -1.08. The smallest absolute Gasteiger partial charge is 0.124 e. The largest absolute Gasteiger partial charge is 0.238 e. The summed E-state index contributed by atoms with van der Waals surface area (Å²) in [5.41, 5.74) is 0.157. The highest BCUT2D eigenvalue weighted by Crippen LogP contribution is 2.12. The Kier molecular flexibility index (Phi) is 3.84. The van der Waals surface area contributed by atoms with Crippen LogP contribution in [-0.2, 0) is 11.0 Å². The molecule has 0 heterocycles. The molecule has 0 bridgehead atoms. The molecule has 0 saturated heterocycles. The molecule has 1 atom stereocenters. The van der Waals surface area contributed by atoms with Gasteiger partial charge in [0.05, 0.1) is 4.90 Å². The molecule has 0 aromatic heterocycles. The molecule has 1 aromatic rings. The summed E-state index contributed by atoms with van der Waals surface area (Å²) >= 11 is 0. The van der Waals surface area contributed by atoms with Crippen LogP contribution < -0.4 is 4.72 Å². The predicted octanol–water partition coefficient (Wildman–Crippen LogP) is 2.34.